The SMILES string of the molecule is Cl.Cn1c(-c2ccco2)nc2c(N)nc(C#CC3(O)CCCCC3)nc21. The molecule has 0 bridgehead atoms. The minimum Gasteiger partial charge on any atom is -0.461 e. The van der Waals surface area contributed by atoms with Crippen LogP contribution in [-0.4, -0.2) is 30.2 Å². The first-order valence-corrected chi connectivity index (χ1v) is 8.35. The molecule has 3 N–H and O–H groups in total. The van der Waals surface area contributed by atoms with Crippen LogP contribution < -0.4 is 5.73 Å². The van der Waals surface area contributed by atoms with Gasteiger partial charge in [0.25, 0.3) is 0 Å². The highest BCUT2D eigenvalue weighted by Gasteiger charge is 2.26. The molecule has 3 heterocycles. The zero-order valence-electron chi connectivity index (χ0n) is 14.4. The number of hydrogen-bond donors (Lipinski definition) is 2. The summed E-state index contributed by atoms with van der Waals surface area (Å²) in [5.74, 6) is 7.63. The number of imidazole rings is 1. The Morgan fingerprint density at radius 1 is 1.23 bits per heavy atom. The highest BCUT2D eigenvalue weighted by Crippen LogP contribution is 2.28. The number of nitrogens with two attached hydrogens (primary N) is 1. The van der Waals surface area contributed by atoms with Gasteiger partial charge >= 0.3 is 0 Å². The first kappa shape index (κ1) is 18.2. The molecule has 1 aliphatic rings. The molecule has 1 saturated carbocycles. The molecule has 0 unspecified atom stereocenters. The number of aryl methyl sites for hydroxylation is 1. The van der Waals surface area contributed by atoms with Crippen LogP contribution in [0.4, 0.5) is 5.82 Å². The van der Waals surface area contributed by atoms with Crippen LogP contribution in [-0.2, 0) is 7.05 Å². The fraction of sp³-hybridized carbons (Fsp3) is 0.389. The molecular weight excluding hydrogens is 354 g/mol. The number of nitrogens with zero attached hydrogens (tertiary/aromatic N) is 4. The van der Waals surface area contributed by atoms with Gasteiger partial charge in [-0.25, -0.2) is 15.0 Å². The summed E-state index contributed by atoms with van der Waals surface area (Å²) in [5, 5.41) is 10.5. The monoisotopic (exact) mass is 373 g/mol. The summed E-state index contributed by atoms with van der Waals surface area (Å²) in [6.07, 6.45) is 6.08. The summed E-state index contributed by atoms with van der Waals surface area (Å²) in [4.78, 5) is 13.2. The van der Waals surface area contributed by atoms with Gasteiger partial charge in [0.05, 0.1) is 6.26 Å². The van der Waals surface area contributed by atoms with Gasteiger partial charge < -0.3 is 19.8 Å². The van der Waals surface area contributed by atoms with Crippen molar-refractivity contribution in [2.24, 2.45) is 7.05 Å². The molecule has 136 valence electrons. The molecule has 4 rings (SSSR count). The van der Waals surface area contributed by atoms with Crippen LogP contribution >= 0.6 is 12.4 Å². The second-order valence-corrected chi connectivity index (χ2v) is 6.42. The van der Waals surface area contributed by atoms with E-state index in [1.807, 2.05) is 13.1 Å². The summed E-state index contributed by atoms with van der Waals surface area (Å²) in [6.45, 7) is 0. The van der Waals surface area contributed by atoms with E-state index in [-0.39, 0.29) is 24.0 Å². The van der Waals surface area contributed by atoms with E-state index in [0.29, 0.717) is 35.6 Å². The Morgan fingerprint density at radius 2 is 2.00 bits per heavy atom. The van der Waals surface area contributed by atoms with Gasteiger partial charge in [0.1, 0.15) is 5.60 Å². The van der Waals surface area contributed by atoms with E-state index < -0.39 is 5.60 Å². The Balaban J connectivity index is 0.00000196. The van der Waals surface area contributed by atoms with Gasteiger partial charge in [-0.2, -0.15) is 0 Å². The van der Waals surface area contributed by atoms with E-state index in [4.69, 9.17) is 10.2 Å². The van der Waals surface area contributed by atoms with E-state index in [9.17, 15) is 5.11 Å². The van der Waals surface area contributed by atoms with Crippen LogP contribution in [0.2, 0.25) is 0 Å². The molecule has 0 atom stereocenters. The summed E-state index contributed by atoms with van der Waals surface area (Å²) in [5.41, 5.74) is 6.19. The minimum absolute atomic E-state index is 0. The summed E-state index contributed by atoms with van der Waals surface area (Å²) in [7, 11) is 1.84. The van der Waals surface area contributed by atoms with Crippen LogP contribution in [0.3, 0.4) is 0 Å². The van der Waals surface area contributed by atoms with Gasteiger partial charge in [0.2, 0.25) is 5.82 Å². The average Bonchev–Trinajstić information content (AvgIpc) is 3.23. The number of aliphatic hydroxyl groups is 1. The Bertz CT molecular complexity index is 979. The van der Waals surface area contributed by atoms with E-state index in [1.165, 1.54) is 0 Å². The lowest BCUT2D eigenvalue weighted by Gasteiger charge is -2.26. The molecule has 3 aromatic rings. The number of nitrogen functional groups attached to an aromatic ring is 1. The van der Waals surface area contributed by atoms with Crippen molar-refractivity contribution in [1.29, 1.82) is 0 Å². The third-order valence-corrected chi connectivity index (χ3v) is 4.57. The van der Waals surface area contributed by atoms with Gasteiger partial charge in [0.15, 0.2) is 28.6 Å². The second-order valence-electron chi connectivity index (χ2n) is 6.42. The van der Waals surface area contributed by atoms with Crippen LogP contribution in [0.1, 0.15) is 37.9 Å². The van der Waals surface area contributed by atoms with Crippen LogP contribution in [0.25, 0.3) is 22.7 Å². The molecule has 1 fully saturated rings. The van der Waals surface area contributed by atoms with Crippen molar-refractivity contribution in [3.63, 3.8) is 0 Å². The molecule has 26 heavy (non-hydrogen) atoms. The zero-order valence-corrected chi connectivity index (χ0v) is 15.2. The number of hydrogen-bond acceptors (Lipinski definition) is 6. The standard InChI is InChI=1S/C18H19N5O2.ClH/c1-23-16(12-6-5-11-25-12)22-14-15(19)20-13(21-17(14)23)7-10-18(24)8-3-2-4-9-18;/h5-6,11,24H,2-4,8-9H2,1H3,(H2,19,20,21);1H. The fourth-order valence-corrected chi connectivity index (χ4v) is 3.20. The molecule has 7 nitrogen and oxygen atoms in total. The largest absolute Gasteiger partial charge is 0.461 e. The molecule has 0 saturated heterocycles. The number of furan rings is 1. The predicted molar refractivity (Wildman–Crippen MR) is 101 cm³/mol. The number of anilines is 1. The lowest BCUT2D eigenvalue weighted by Crippen LogP contribution is -2.29. The third-order valence-electron chi connectivity index (χ3n) is 4.57. The second kappa shape index (κ2) is 6.98. The highest BCUT2D eigenvalue weighted by atomic mass is 35.5. The molecule has 0 radical (unpaired) electrons. The van der Waals surface area contributed by atoms with E-state index in [0.717, 1.165) is 19.3 Å². The lowest BCUT2D eigenvalue weighted by atomic mass is 9.85. The third kappa shape index (κ3) is 3.26. The van der Waals surface area contributed by atoms with Gasteiger partial charge in [-0.05, 0) is 43.7 Å². The maximum absolute atomic E-state index is 10.5. The molecular formula is C18H20ClN5O2. The summed E-state index contributed by atoms with van der Waals surface area (Å²) in [6, 6.07) is 3.62. The molecule has 0 amide bonds. The van der Waals surface area contributed by atoms with Crippen molar-refractivity contribution in [2.45, 2.75) is 37.7 Å². The van der Waals surface area contributed by atoms with Gasteiger partial charge in [-0.1, -0.05) is 12.3 Å². The smallest absolute Gasteiger partial charge is 0.209 e. The first-order chi connectivity index (χ1) is 12.1. The van der Waals surface area contributed by atoms with E-state index >= 15 is 0 Å². The van der Waals surface area contributed by atoms with Crippen molar-refractivity contribution in [3.8, 4) is 23.4 Å². The Labute approximate surface area is 157 Å². The van der Waals surface area contributed by atoms with Gasteiger partial charge in [-0.15, -0.1) is 12.4 Å². The van der Waals surface area contributed by atoms with Crippen molar-refractivity contribution >= 4 is 29.4 Å². The zero-order chi connectivity index (χ0) is 17.4. The highest BCUT2D eigenvalue weighted by molar-refractivity contribution is 5.85. The molecule has 0 spiro atoms. The number of halogens is 1. The van der Waals surface area contributed by atoms with Gasteiger partial charge in [-0.3, -0.25) is 0 Å². The lowest BCUT2D eigenvalue weighted by molar-refractivity contribution is 0.0610. The Hall–Kier alpha value is -2.56. The van der Waals surface area contributed by atoms with Crippen LogP contribution in [0, 0.1) is 11.8 Å². The Morgan fingerprint density at radius 3 is 2.69 bits per heavy atom. The van der Waals surface area contributed by atoms with Gasteiger partial charge in [0, 0.05) is 7.05 Å². The number of aromatic nitrogens is 4. The normalized spacial score (nSPS) is 15.9. The first-order valence-electron chi connectivity index (χ1n) is 8.35. The van der Waals surface area contributed by atoms with Crippen molar-refractivity contribution in [2.75, 3.05) is 5.73 Å². The number of rotatable bonds is 1. The predicted octanol–water partition coefficient (Wildman–Crippen LogP) is 2.67. The molecule has 0 aromatic carbocycles. The van der Waals surface area contributed by atoms with Crippen molar-refractivity contribution in [3.05, 3.63) is 24.2 Å². The quantitative estimate of drug-likeness (QED) is 0.635. The molecule has 1 aliphatic carbocycles. The minimum atomic E-state index is -0.947. The van der Waals surface area contributed by atoms with E-state index in [1.54, 1.807) is 16.9 Å². The maximum atomic E-state index is 10.5. The topological polar surface area (TPSA) is 103 Å². The van der Waals surface area contributed by atoms with Crippen molar-refractivity contribution in [1.82, 2.24) is 19.5 Å². The summed E-state index contributed by atoms with van der Waals surface area (Å²) < 4.78 is 7.21. The maximum Gasteiger partial charge on any atom is 0.209 e. The van der Waals surface area contributed by atoms with Crippen LogP contribution in [0.15, 0.2) is 22.8 Å². The molecule has 3 aromatic heterocycles. The number of fused-ring (bicyclic) bond motifs is 1. The van der Waals surface area contributed by atoms with E-state index in [2.05, 4.69) is 26.8 Å². The Kier molecular flexibility index (Phi) is 4.90. The average molecular weight is 374 g/mol. The molecule has 8 heteroatoms. The summed E-state index contributed by atoms with van der Waals surface area (Å²) >= 11 is 0. The van der Waals surface area contributed by atoms with Crippen LogP contribution in [0.5, 0.6) is 0 Å². The van der Waals surface area contributed by atoms with Crippen molar-refractivity contribution < 1.29 is 9.52 Å². The fourth-order valence-electron chi connectivity index (χ4n) is 3.20. The molecule has 0 aliphatic heterocycles.